The molecule has 0 saturated carbocycles. The third-order valence-corrected chi connectivity index (χ3v) is 5.71. The fourth-order valence-electron chi connectivity index (χ4n) is 2.99. The van der Waals surface area contributed by atoms with Crippen LogP contribution in [0.25, 0.3) is 21.5 Å². The minimum absolute atomic E-state index is 0. The summed E-state index contributed by atoms with van der Waals surface area (Å²) in [5.74, 6) is 0.204. The standard InChI is InChI=1S/C12H10O.C11H9Br.C4H8O.C4H9.Li/c1-9-6-7-10(8-13)12-5-3-2-4-11(9)12;1-8-6-7-11(12)10-5-3-2-4-9(8)10;1-4(2)3-5;1-3-4-2;/h2-8H,1H3;2-7H,1H3;3-4H,1-2H3;1,3-4H2,2H3;/q;;;-1;+1. The van der Waals surface area contributed by atoms with Crippen LogP contribution in [0.5, 0.6) is 0 Å². The predicted octanol–water partition coefficient (Wildman–Crippen LogP) is 6.34. The average Bonchev–Trinajstić information content (AvgIpc) is 2.88. The number of benzene rings is 4. The molecule has 0 amide bonds. The first-order valence-electron chi connectivity index (χ1n) is 11.6. The van der Waals surface area contributed by atoms with Crippen LogP contribution in [0.2, 0.25) is 0 Å². The Morgan fingerprint density at radius 1 is 0.771 bits per heavy atom. The van der Waals surface area contributed by atoms with E-state index in [0.717, 1.165) is 35.3 Å². The quantitative estimate of drug-likeness (QED) is 0.177. The Hall–Kier alpha value is -2.18. The number of unbranched alkanes of at least 4 members (excludes halogenated alkanes) is 1. The van der Waals surface area contributed by atoms with E-state index in [1.54, 1.807) is 0 Å². The van der Waals surface area contributed by atoms with Crippen LogP contribution >= 0.6 is 15.9 Å². The molecular weight excluding hydrogens is 491 g/mol. The van der Waals surface area contributed by atoms with Crippen molar-refractivity contribution in [3.05, 3.63) is 101 Å². The van der Waals surface area contributed by atoms with Crippen LogP contribution in [0.15, 0.2) is 77.3 Å². The summed E-state index contributed by atoms with van der Waals surface area (Å²) < 4.78 is 1.17. The van der Waals surface area contributed by atoms with Gasteiger partial charge in [0.15, 0.2) is 6.29 Å². The summed E-state index contributed by atoms with van der Waals surface area (Å²) in [5, 5.41) is 4.81. The summed E-state index contributed by atoms with van der Waals surface area (Å²) in [4.78, 5) is 20.2. The summed E-state index contributed by atoms with van der Waals surface area (Å²) in [5.41, 5.74) is 3.30. The Labute approximate surface area is 231 Å². The number of halogens is 1. The van der Waals surface area contributed by atoms with Gasteiger partial charge in [0.05, 0.1) is 0 Å². The largest absolute Gasteiger partial charge is 1.00 e. The average molecular weight is 527 g/mol. The van der Waals surface area contributed by atoms with E-state index in [-0.39, 0.29) is 24.8 Å². The van der Waals surface area contributed by atoms with Crippen molar-refractivity contribution in [3.8, 4) is 0 Å². The third-order valence-electron chi connectivity index (χ3n) is 5.02. The molecule has 4 rings (SSSR count). The molecule has 0 atom stereocenters. The molecule has 0 aliphatic heterocycles. The Morgan fingerprint density at radius 3 is 1.57 bits per heavy atom. The van der Waals surface area contributed by atoms with E-state index in [9.17, 15) is 9.59 Å². The second-order valence-corrected chi connectivity index (χ2v) is 9.13. The fourth-order valence-corrected chi connectivity index (χ4v) is 3.47. The number of carbonyl (C=O) groups excluding carboxylic acids is 2. The van der Waals surface area contributed by atoms with E-state index in [1.165, 1.54) is 32.8 Å². The van der Waals surface area contributed by atoms with Gasteiger partial charge in [-0.1, -0.05) is 110 Å². The summed E-state index contributed by atoms with van der Waals surface area (Å²) in [6.07, 6.45) is 4.10. The number of rotatable bonds is 3. The van der Waals surface area contributed by atoms with Crippen molar-refractivity contribution in [2.45, 2.75) is 47.5 Å². The Morgan fingerprint density at radius 2 is 1.17 bits per heavy atom. The van der Waals surface area contributed by atoms with Crippen molar-refractivity contribution in [2.24, 2.45) is 5.92 Å². The molecule has 0 aromatic heterocycles. The maximum Gasteiger partial charge on any atom is 1.00 e. The van der Waals surface area contributed by atoms with Crippen LogP contribution in [-0.2, 0) is 4.79 Å². The number of aryl methyl sites for hydroxylation is 2. The van der Waals surface area contributed by atoms with Gasteiger partial charge in [-0.25, -0.2) is 0 Å². The van der Waals surface area contributed by atoms with Crippen LogP contribution in [0.1, 0.15) is 55.1 Å². The van der Waals surface area contributed by atoms with Crippen molar-refractivity contribution >= 4 is 50.0 Å². The van der Waals surface area contributed by atoms with E-state index in [0.29, 0.717) is 0 Å². The molecule has 0 fully saturated rings. The van der Waals surface area contributed by atoms with Crippen molar-refractivity contribution in [2.75, 3.05) is 0 Å². The minimum Gasteiger partial charge on any atom is -0.343 e. The Kier molecular flexibility index (Phi) is 17.0. The van der Waals surface area contributed by atoms with Gasteiger partial charge in [-0.15, -0.1) is 0 Å². The Bertz CT molecular complexity index is 1140. The van der Waals surface area contributed by atoms with Crippen LogP contribution in [0, 0.1) is 26.7 Å². The van der Waals surface area contributed by atoms with Crippen LogP contribution in [-0.4, -0.2) is 12.6 Å². The van der Waals surface area contributed by atoms with Crippen LogP contribution < -0.4 is 18.9 Å². The summed E-state index contributed by atoms with van der Waals surface area (Å²) in [6, 6.07) is 24.4. The molecule has 0 aliphatic rings. The number of carbonyl (C=O) groups is 2. The molecule has 0 aliphatic carbocycles. The van der Waals surface area contributed by atoms with Gasteiger partial charge in [-0.2, -0.15) is 6.42 Å². The molecule has 0 spiro atoms. The van der Waals surface area contributed by atoms with Crippen LogP contribution in [0.4, 0.5) is 0 Å². The van der Waals surface area contributed by atoms with E-state index in [4.69, 9.17) is 0 Å². The van der Waals surface area contributed by atoms with Crippen LogP contribution in [0.3, 0.4) is 0 Å². The van der Waals surface area contributed by atoms with E-state index in [2.05, 4.69) is 80.0 Å². The first-order chi connectivity index (χ1) is 16.3. The van der Waals surface area contributed by atoms with Gasteiger partial charge in [0, 0.05) is 16.0 Å². The maximum atomic E-state index is 10.7. The van der Waals surface area contributed by atoms with Crippen molar-refractivity contribution < 1.29 is 28.4 Å². The molecule has 0 heterocycles. The molecule has 180 valence electrons. The molecule has 0 unspecified atom stereocenters. The first-order valence-corrected chi connectivity index (χ1v) is 12.4. The molecule has 35 heavy (non-hydrogen) atoms. The number of aldehydes is 2. The van der Waals surface area contributed by atoms with Crippen molar-refractivity contribution in [1.82, 2.24) is 0 Å². The number of fused-ring (bicyclic) bond motifs is 2. The van der Waals surface area contributed by atoms with E-state index in [1.807, 2.05) is 50.2 Å². The Balaban J connectivity index is 0.000000487. The summed E-state index contributed by atoms with van der Waals surface area (Å²) in [6.45, 7) is 13.6. The van der Waals surface area contributed by atoms with Gasteiger partial charge in [-0.3, -0.25) is 4.79 Å². The smallest absolute Gasteiger partial charge is 0.343 e. The second-order valence-electron chi connectivity index (χ2n) is 8.28. The molecule has 0 bridgehead atoms. The predicted molar refractivity (Wildman–Crippen MR) is 152 cm³/mol. The van der Waals surface area contributed by atoms with Gasteiger partial charge in [0.1, 0.15) is 6.29 Å². The van der Waals surface area contributed by atoms with Crippen molar-refractivity contribution in [1.29, 1.82) is 0 Å². The van der Waals surface area contributed by atoms with E-state index >= 15 is 0 Å². The molecule has 2 nitrogen and oxygen atoms in total. The number of hydrogen-bond acceptors (Lipinski definition) is 2. The van der Waals surface area contributed by atoms with Crippen molar-refractivity contribution in [3.63, 3.8) is 0 Å². The number of hydrogen-bond donors (Lipinski definition) is 0. The summed E-state index contributed by atoms with van der Waals surface area (Å²) >= 11 is 3.53. The SMILES string of the molecule is CC(C)C=O.Cc1ccc(Br)c2ccccc12.Cc1ccc(C=O)c2ccccc12.[CH2-]CCC.[Li+]. The fraction of sp³-hybridized carbons (Fsp3) is 0.258. The molecule has 0 radical (unpaired) electrons. The zero-order valence-electron chi connectivity index (χ0n) is 22.0. The molecule has 4 heteroatoms. The maximum absolute atomic E-state index is 10.7. The van der Waals surface area contributed by atoms with Gasteiger partial charge >= 0.3 is 18.9 Å². The zero-order chi connectivity index (χ0) is 25.5. The van der Waals surface area contributed by atoms with Gasteiger partial charge in [0.25, 0.3) is 0 Å². The zero-order valence-corrected chi connectivity index (χ0v) is 23.6. The second kappa shape index (κ2) is 18.1. The van der Waals surface area contributed by atoms with E-state index < -0.39 is 0 Å². The minimum atomic E-state index is 0. The summed E-state index contributed by atoms with van der Waals surface area (Å²) in [7, 11) is 0. The normalized spacial score (nSPS) is 9.49. The van der Waals surface area contributed by atoms with Gasteiger partial charge in [-0.05, 0) is 52.6 Å². The first kappa shape index (κ1) is 32.8. The molecule has 4 aromatic rings. The molecular formula is C31H36BrLiO2. The third kappa shape index (κ3) is 11.0. The molecule has 0 saturated heterocycles. The monoisotopic (exact) mass is 526 g/mol. The topological polar surface area (TPSA) is 34.1 Å². The molecule has 4 aromatic carbocycles. The molecule has 0 N–H and O–H groups in total. The van der Waals surface area contributed by atoms with Gasteiger partial charge < -0.3 is 11.7 Å². The van der Waals surface area contributed by atoms with Gasteiger partial charge in [0.2, 0.25) is 0 Å².